The highest BCUT2D eigenvalue weighted by molar-refractivity contribution is 9.00. The molecule has 4 heterocycles. The molecule has 0 spiro atoms. The topological polar surface area (TPSA) is 141 Å². The van der Waals surface area contributed by atoms with Gasteiger partial charge in [-0.05, 0) is 11.8 Å². The minimum Gasteiger partial charge on any atom is -0.456 e. The molecular weight excluding hydrogens is 485 g/mol. The second kappa shape index (κ2) is 9.20. The van der Waals surface area contributed by atoms with Crippen LogP contribution in [-0.2, 0) is 40.1 Å². The third kappa shape index (κ3) is 4.83. The zero-order valence-corrected chi connectivity index (χ0v) is 19.9. The summed E-state index contributed by atoms with van der Waals surface area (Å²) in [6.45, 7) is 2.64. The number of imidazole rings is 1. The molecule has 4 rings (SSSR count). The van der Waals surface area contributed by atoms with E-state index in [2.05, 4.69) is 15.0 Å². The van der Waals surface area contributed by atoms with Crippen molar-refractivity contribution in [3.63, 3.8) is 0 Å². The predicted octanol–water partition coefficient (Wildman–Crippen LogP) is 1.89. The number of aromatic nitrogens is 4. The molecule has 31 heavy (non-hydrogen) atoms. The van der Waals surface area contributed by atoms with Gasteiger partial charge in [-0.15, -0.1) is 0 Å². The fraction of sp³-hybridized carbons (Fsp3) is 0.562. The quantitative estimate of drug-likeness (QED) is 0.451. The van der Waals surface area contributed by atoms with Crippen molar-refractivity contribution in [3.8, 4) is 0 Å². The predicted molar refractivity (Wildman–Crippen MR) is 120 cm³/mol. The summed E-state index contributed by atoms with van der Waals surface area (Å²) < 4.78 is 22.7. The first-order chi connectivity index (χ1) is 14.8. The van der Waals surface area contributed by atoms with Gasteiger partial charge in [0, 0.05) is 25.4 Å². The van der Waals surface area contributed by atoms with Gasteiger partial charge < -0.3 is 24.5 Å². The van der Waals surface area contributed by atoms with Crippen LogP contribution in [-0.4, -0.2) is 67.9 Å². The molecule has 2 aliphatic heterocycles. The number of fused-ring (bicyclic) bond motifs is 1. The third-order valence-electron chi connectivity index (χ3n) is 4.53. The summed E-state index contributed by atoms with van der Waals surface area (Å²) in [5.41, 5.74) is 6.66. The fourth-order valence-corrected chi connectivity index (χ4v) is 12.2. The summed E-state index contributed by atoms with van der Waals surface area (Å²) in [6, 6.07) is 0. The standard InChI is InChI=1S/C16H20N5O6PS3/c1-8(22)25-12-10(5-24-28(29)30-3-4-31-28)27-16(13(12)26-9(2)23)21-7-20-11-14(17)18-6-19-15(11)21/h6-7,10,12-13,16H,3-5H2,1-2H3,(H2,17,18,19)/t10-,12-,13-,16-/m1/s1. The van der Waals surface area contributed by atoms with Crippen molar-refractivity contribution in [2.24, 2.45) is 0 Å². The normalized spacial score (nSPS) is 27.4. The summed E-state index contributed by atoms with van der Waals surface area (Å²) in [6.07, 6.45) is -0.666. The maximum atomic E-state index is 11.9. The first-order valence-electron chi connectivity index (χ1n) is 9.24. The van der Waals surface area contributed by atoms with E-state index in [0.29, 0.717) is 11.2 Å². The number of rotatable bonds is 6. The Balaban J connectivity index is 1.67. The molecule has 2 aromatic heterocycles. The smallest absolute Gasteiger partial charge is 0.303 e. The number of hydrogen-bond acceptors (Lipinski definition) is 13. The minimum atomic E-state index is -2.07. The third-order valence-corrected chi connectivity index (χ3v) is 14.4. The Kier molecular flexibility index (Phi) is 6.75. The van der Waals surface area contributed by atoms with E-state index >= 15 is 0 Å². The number of nitrogen functional groups attached to an aromatic ring is 1. The number of anilines is 1. The molecular formula is C16H20N5O6PS3. The van der Waals surface area contributed by atoms with Crippen molar-refractivity contribution >= 4 is 68.2 Å². The zero-order valence-electron chi connectivity index (χ0n) is 16.6. The molecule has 2 aromatic rings. The van der Waals surface area contributed by atoms with Crippen molar-refractivity contribution in [3.05, 3.63) is 12.7 Å². The first kappa shape index (κ1) is 22.7. The summed E-state index contributed by atoms with van der Waals surface area (Å²) in [4.78, 5) is 36.1. The van der Waals surface area contributed by atoms with Gasteiger partial charge in [0.1, 0.15) is 17.9 Å². The summed E-state index contributed by atoms with van der Waals surface area (Å²) in [5.74, 6) is 0.981. The lowest BCUT2D eigenvalue weighted by atomic mass is 10.1. The Morgan fingerprint density at radius 2 is 1.90 bits per heavy atom. The number of carbonyl (C=O) groups excluding carboxylic acids is 2. The van der Waals surface area contributed by atoms with Gasteiger partial charge in [-0.2, -0.15) is 0 Å². The Labute approximate surface area is 190 Å². The second-order valence-electron chi connectivity index (χ2n) is 6.71. The van der Waals surface area contributed by atoms with Gasteiger partial charge >= 0.3 is 11.9 Å². The van der Waals surface area contributed by atoms with E-state index in [-0.39, 0.29) is 12.4 Å². The molecule has 0 unspecified atom stereocenters. The summed E-state index contributed by atoms with van der Waals surface area (Å²) in [7, 11) is 0. The van der Waals surface area contributed by atoms with Gasteiger partial charge in [0.05, 0.1) is 12.9 Å². The van der Waals surface area contributed by atoms with E-state index in [4.69, 9.17) is 36.3 Å². The number of carbonyl (C=O) groups is 2. The van der Waals surface area contributed by atoms with Gasteiger partial charge in [-0.1, -0.05) is 22.8 Å². The summed E-state index contributed by atoms with van der Waals surface area (Å²) >= 11 is 8.89. The Bertz CT molecular complexity index is 1040. The number of hydrogen-bond donors (Lipinski definition) is 1. The van der Waals surface area contributed by atoms with Crippen LogP contribution >= 0.6 is 27.4 Å². The molecule has 2 fully saturated rings. The van der Waals surface area contributed by atoms with Gasteiger partial charge in [-0.25, -0.2) is 15.0 Å². The lowest BCUT2D eigenvalue weighted by Crippen LogP contribution is -2.40. The number of nitrogens with zero attached hydrogens (tertiary/aromatic N) is 4. The van der Waals surface area contributed by atoms with Gasteiger partial charge in [-0.3, -0.25) is 14.2 Å². The van der Waals surface area contributed by atoms with Crippen LogP contribution in [0.15, 0.2) is 12.7 Å². The highest BCUT2D eigenvalue weighted by atomic mass is 33.2. The molecule has 168 valence electrons. The molecule has 2 N–H and O–H groups in total. The van der Waals surface area contributed by atoms with Crippen LogP contribution in [0.5, 0.6) is 0 Å². The van der Waals surface area contributed by atoms with Crippen molar-refractivity contribution < 1.29 is 28.3 Å². The molecule has 15 heteroatoms. The Hall–Kier alpha value is -1.44. The number of esters is 2. The molecule has 0 aromatic carbocycles. The van der Waals surface area contributed by atoms with Crippen LogP contribution in [0, 0.1) is 0 Å². The number of ether oxygens (including phenoxy) is 3. The van der Waals surface area contributed by atoms with Crippen molar-refractivity contribution in [2.45, 2.75) is 38.4 Å². The van der Waals surface area contributed by atoms with Crippen molar-refractivity contribution in [2.75, 3.05) is 23.8 Å². The van der Waals surface area contributed by atoms with E-state index < -0.39 is 41.1 Å². The van der Waals surface area contributed by atoms with Crippen LogP contribution in [0.2, 0.25) is 0 Å². The van der Waals surface area contributed by atoms with Gasteiger partial charge in [0.25, 0.3) is 0 Å². The van der Waals surface area contributed by atoms with E-state index in [0.717, 1.165) is 11.5 Å². The molecule has 4 atom stereocenters. The van der Waals surface area contributed by atoms with E-state index in [1.807, 2.05) is 0 Å². The maximum absolute atomic E-state index is 11.9. The average Bonchev–Trinajstić information content (AvgIpc) is 3.39. The molecule has 0 bridgehead atoms. The average molecular weight is 506 g/mol. The van der Waals surface area contributed by atoms with Gasteiger partial charge in [0.2, 0.25) is 0 Å². The Morgan fingerprint density at radius 1 is 1.23 bits per heavy atom. The lowest BCUT2D eigenvalue weighted by molar-refractivity contribution is -0.165. The van der Waals surface area contributed by atoms with Crippen LogP contribution < -0.4 is 5.73 Å². The van der Waals surface area contributed by atoms with Crippen molar-refractivity contribution in [1.82, 2.24) is 19.5 Å². The SMILES string of the molecule is CC(=O)O[C@@H]1[C@H](OC(C)=O)[C@@H](COP2(=S)SCCS2)O[C@H]1n1cnc2c(N)ncnc21. The number of nitrogens with two attached hydrogens (primary N) is 1. The molecule has 11 nitrogen and oxygen atoms in total. The Morgan fingerprint density at radius 3 is 2.58 bits per heavy atom. The van der Waals surface area contributed by atoms with Crippen LogP contribution in [0.3, 0.4) is 0 Å². The molecule has 2 saturated heterocycles. The zero-order chi connectivity index (χ0) is 22.2. The van der Waals surface area contributed by atoms with E-state index in [9.17, 15) is 9.59 Å². The highest BCUT2D eigenvalue weighted by Gasteiger charge is 2.51. The minimum absolute atomic E-state index is 0.0905. The highest BCUT2D eigenvalue weighted by Crippen LogP contribution is 2.74. The fourth-order valence-electron chi connectivity index (χ4n) is 3.35. The van der Waals surface area contributed by atoms with Crippen LogP contribution in [0.4, 0.5) is 5.82 Å². The largest absolute Gasteiger partial charge is 0.456 e. The molecule has 0 aliphatic carbocycles. The molecule has 2 aliphatic rings. The second-order valence-corrected chi connectivity index (χ2v) is 17.4. The first-order valence-corrected chi connectivity index (χ1v) is 15.1. The van der Waals surface area contributed by atoms with E-state index in [1.165, 1.54) is 26.5 Å². The van der Waals surface area contributed by atoms with E-state index in [1.54, 1.807) is 27.3 Å². The molecule has 0 radical (unpaired) electrons. The molecule has 0 saturated carbocycles. The van der Waals surface area contributed by atoms with Crippen LogP contribution in [0.25, 0.3) is 11.2 Å². The monoisotopic (exact) mass is 505 g/mol. The molecule has 0 amide bonds. The maximum Gasteiger partial charge on any atom is 0.303 e. The van der Waals surface area contributed by atoms with Crippen LogP contribution in [0.1, 0.15) is 20.1 Å². The van der Waals surface area contributed by atoms with Gasteiger partial charge in [0.15, 0.2) is 34.6 Å². The lowest BCUT2D eigenvalue weighted by Gasteiger charge is -2.24. The summed E-state index contributed by atoms with van der Waals surface area (Å²) in [5, 5.41) is 0. The van der Waals surface area contributed by atoms with Crippen molar-refractivity contribution in [1.29, 1.82) is 0 Å².